The van der Waals surface area contributed by atoms with Gasteiger partial charge >= 0.3 is 11.9 Å². The molecule has 3 aromatic rings. The molecule has 0 aliphatic rings. The number of hydrogen-bond donors (Lipinski definition) is 0. The van der Waals surface area contributed by atoms with Gasteiger partial charge in [0.15, 0.2) is 0 Å². The van der Waals surface area contributed by atoms with E-state index in [0.717, 1.165) is 11.1 Å². The molecular weight excluding hydrogens is 392 g/mol. The lowest BCUT2D eigenvalue weighted by Crippen LogP contribution is -2.07. The Kier molecular flexibility index (Phi) is 6.54. The number of carbonyl (C=O) groups excluding carboxylic acids is 2. The summed E-state index contributed by atoms with van der Waals surface area (Å²) in [5.74, 6) is 3.57. The fourth-order valence-corrected chi connectivity index (χ4v) is 2.47. The van der Waals surface area contributed by atoms with Gasteiger partial charge in [0, 0.05) is 27.8 Å². The van der Waals surface area contributed by atoms with Crippen LogP contribution < -0.4 is 4.74 Å². The van der Waals surface area contributed by atoms with Crippen LogP contribution in [0, 0.1) is 12.0 Å². The summed E-state index contributed by atoms with van der Waals surface area (Å²) in [4.78, 5) is 22.9. The van der Waals surface area contributed by atoms with Gasteiger partial charge in [-0.05, 0) is 80.4 Å². The second-order valence-corrected chi connectivity index (χ2v) is 6.83. The Bertz CT molecular complexity index is 1200. The van der Waals surface area contributed by atoms with Gasteiger partial charge < -0.3 is 13.9 Å². The topological polar surface area (TPSA) is 65.7 Å². The molecule has 0 spiro atoms. The van der Waals surface area contributed by atoms with E-state index in [4.69, 9.17) is 13.9 Å². The molecule has 0 fully saturated rings. The van der Waals surface area contributed by atoms with Crippen molar-refractivity contribution in [1.29, 1.82) is 0 Å². The largest absolute Gasteiger partial charge is 0.456 e. The molecular formula is C26H20O5. The molecule has 0 amide bonds. The van der Waals surface area contributed by atoms with E-state index >= 15 is 0 Å². The third-order valence-corrected chi connectivity index (χ3v) is 4.16. The van der Waals surface area contributed by atoms with Crippen LogP contribution in [0.1, 0.15) is 19.4 Å². The normalized spacial score (nSPS) is 9.87. The molecule has 0 aliphatic carbocycles. The van der Waals surface area contributed by atoms with Crippen molar-refractivity contribution in [3.63, 3.8) is 0 Å². The van der Waals surface area contributed by atoms with E-state index in [1.807, 2.05) is 48.5 Å². The number of furan rings is 1. The molecule has 0 bridgehead atoms. The third-order valence-electron chi connectivity index (χ3n) is 4.16. The Labute approximate surface area is 180 Å². The fraction of sp³-hybridized carbons (Fsp3) is 0.0769. The summed E-state index contributed by atoms with van der Waals surface area (Å²) in [5.41, 5.74) is 3.06. The van der Waals surface area contributed by atoms with Gasteiger partial charge in [-0.2, -0.15) is 0 Å². The molecule has 1 heterocycles. The maximum absolute atomic E-state index is 11.6. The molecule has 0 N–H and O–H groups in total. The van der Waals surface area contributed by atoms with Crippen LogP contribution in [0.3, 0.4) is 0 Å². The zero-order valence-corrected chi connectivity index (χ0v) is 17.2. The van der Waals surface area contributed by atoms with Gasteiger partial charge in [0.05, 0.1) is 0 Å². The molecule has 5 heteroatoms. The van der Waals surface area contributed by atoms with Gasteiger partial charge in [-0.1, -0.05) is 13.2 Å². The lowest BCUT2D eigenvalue weighted by Gasteiger charge is -2.04. The van der Waals surface area contributed by atoms with Crippen LogP contribution in [-0.2, 0) is 14.3 Å². The molecule has 0 saturated carbocycles. The van der Waals surface area contributed by atoms with Gasteiger partial charge in [-0.25, -0.2) is 9.59 Å². The van der Waals surface area contributed by atoms with Crippen molar-refractivity contribution < 1.29 is 23.5 Å². The summed E-state index contributed by atoms with van der Waals surface area (Å²) >= 11 is 0. The van der Waals surface area contributed by atoms with E-state index in [9.17, 15) is 9.59 Å². The van der Waals surface area contributed by atoms with Crippen LogP contribution in [0.2, 0.25) is 0 Å². The van der Waals surface area contributed by atoms with Crippen molar-refractivity contribution in [1.82, 2.24) is 0 Å². The van der Waals surface area contributed by atoms with Crippen molar-refractivity contribution in [3.8, 4) is 40.4 Å². The summed E-state index contributed by atoms with van der Waals surface area (Å²) < 4.78 is 15.9. The summed E-state index contributed by atoms with van der Waals surface area (Å²) in [6.45, 7) is 10.2. The van der Waals surface area contributed by atoms with Crippen LogP contribution in [-0.4, -0.2) is 11.9 Å². The molecule has 2 aromatic carbocycles. The lowest BCUT2D eigenvalue weighted by atomic mass is 10.1. The zero-order valence-electron chi connectivity index (χ0n) is 17.2. The number of esters is 2. The minimum atomic E-state index is -0.547. The van der Waals surface area contributed by atoms with E-state index in [1.54, 1.807) is 26.0 Å². The summed E-state index contributed by atoms with van der Waals surface area (Å²) in [7, 11) is 0. The zero-order chi connectivity index (χ0) is 22.4. The smallest absolute Gasteiger partial charge is 0.347 e. The second kappa shape index (κ2) is 9.47. The van der Waals surface area contributed by atoms with Gasteiger partial charge in [0.2, 0.25) is 0 Å². The summed E-state index contributed by atoms with van der Waals surface area (Å²) in [6.07, 6.45) is 2.37. The quantitative estimate of drug-likeness (QED) is 0.239. The first kappa shape index (κ1) is 21.4. The predicted molar refractivity (Wildman–Crippen MR) is 118 cm³/mol. The van der Waals surface area contributed by atoms with Gasteiger partial charge in [-0.15, -0.1) is 0 Å². The molecule has 31 heavy (non-hydrogen) atoms. The average Bonchev–Trinajstić information content (AvgIpc) is 3.24. The summed E-state index contributed by atoms with van der Waals surface area (Å²) in [5, 5.41) is 0. The Morgan fingerprint density at radius 2 is 1.29 bits per heavy atom. The Morgan fingerprint density at radius 1 is 0.774 bits per heavy atom. The van der Waals surface area contributed by atoms with Gasteiger partial charge in [0.25, 0.3) is 0 Å². The number of rotatable bonds is 5. The van der Waals surface area contributed by atoms with Crippen LogP contribution in [0.15, 0.2) is 89.4 Å². The molecule has 1 aromatic heterocycles. The highest BCUT2D eigenvalue weighted by Crippen LogP contribution is 2.29. The molecule has 3 rings (SSSR count). The minimum Gasteiger partial charge on any atom is -0.456 e. The SMILES string of the molecule is C=C(C)C(=O)OC#Cc1ccc(-c2ccc(-c3ccc(OC(=O)C(=C)C)cc3)o2)cc1. The predicted octanol–water partition coefficient (Wildman–Crippen LogP) is 5.52. The Morgan fingerprint density at radius 3 is 1.81 bits per heavy atom. The number of benzene rings is 2. The van der Waals surface area contributed by atoms with Crippen molar-refractivity contribution in [2.24, 2.45) is 0 Å². The second-order valence-electron chi connectivity index (χ2n) is 6.83. The average molecular weight is 412 g/mol. The van der Waals surface area contributed by atoms with Crippen molar-refractivity contribution >= 4 is 11.9 Å². The van der Waals surface area contributed by atoms with E-state index in [0.29, 0.717) is 34.0 Å². The van der Waals surface area contributed by atoms with E-state index < -0.39 is 11.9 Å². The number of ether oxygens (including phenoxy) is 2. The highest BCUT2D eigenvalue weighted by molar-refractivity contribution is 5.89. The van der Waals surface area contributed by atoms with Crippen molar-refractivity contribution in [2.45, 2.75) is 13.8 Å². The monoisotopic (exact) mass is 412 g/mol. The Hall–Kier alpha value is -4.30. The van der Waals surface area contributed by atoms with Crippen LogP contribution in [0.5, 0.6) is 5.75 Å². The van der Waals surface area contributed by atoms with Gasteiger partial charge in [0.1, 0.15) is 23.4 Å². The Balaban J connectivity index is 1.69. The van der Waals surface area contributed by atoms with Crippen LogP contribution in [0.4, 0.5) is 0 Å². The molecule has 0 atom stereocenters. The first-order chi connectivity index (χ1) is 14.8. The molecule has 5 nitrogen and oxygen atoms in total. The number of hydrogen-bond acceptors (Lipinski definition) is 5. The standard InChI is InChI=1S/C26H20O5/c1-17(2)25(27)29-16-15-19-5-7-20(8-6-19)23-13-14-24(31-23)21-9-11-22(12-10-21)30-26(28)18(3)4/h5-14H,1,3H2,2,4H3. The van der Waals surface area contributed by atoms with Crippen LogP contribution in [0.25, 0.3) is 22.6 Å². The highest BCUT2D eigenvalue weighted by atomic mass is 16.5. The van der Waals surface area contributed by atoms with E-state index in [-0.39, 0.29) is 0 Å². The summed E-state index contributed by atoms with van der Waals surface area (Å²) in [6, 6.07) is 18.1. The minimum absolute atomic E-state index is 0.292. The van der Waals surface area contributed by atoms with Gasteiger partial charge in [-0.3, -0.25) is 0 Å². The molecule has 0 aliphatic heterocycles. The van der Waals surface area contributed by atoms with Crippen molar-refractivity contribution in [3.05, 3.63) is 90.5 Å². The van der Waals surface area contributed by atoms with Crippen molar-refractivity contribution in [2.75, 3.05) is 0 Å². The van der Waals surface area contributed by atoms with Crippen LogP contribution >= 0.6 is 0 Å². The third kappa shape index (κ3) is 5.62. The highest BCUT2D eigenvalue weighted by Gasteiger charge is 2.09. The molecule has 0 radical (unpaired) electrons. The first-order valence-electron chi connectivity index (χ1n) is 9.39. The van der Waals surface area contributed by atoms with E-state index in [2.05, 4.69) is 25.2 Å². The molecule has 154 valence electrons. The maximum Gasteiger partial charge on any atom is 0.347 e. The van der Waals surface area contributed by atoms with E-state index in [1.165, 1.54) is 0 Å². The lowest BCUT2D eigenvalue weighted by molar-refractivity contribution is -0.132. The molecule has 0 saturated heterocycles. The first-order valence-corrected chi connectivity index (χ1v) is 9.39. The molecule has 0 unspecified atom stereocenters. The fourth-order valence-electron chi connectivity index (χ4n) is 2.47. The number of carbonyl (C=O) groups is 2. The maximum atomic E-state index is 11.6.